The van der Waals surface area contributed by atoms with Crippen molar-refractivity contribution in [3.05, 3.63) is 107 Å². The van der Waals surface area contributed by atoms with Gasteiger partial charge < -0.3 is 25.5 Å². The maximum Gasteiger partial charge on any atom is 0.263 e. The highest BCUT2D eigenvalue weighted by Gasteiger charge is 2.22. The predicted molar refractivity (Wildman–Crippen MR) is 153 cm³/mol. The van der Waals surface area contributed by atoms with Crippen molar-refractivity contribution in [2.24, 2.45) is 0 Å². The van der Waals surface area contributed by atoms with E-state index < -0.39 is 5.91 Å². The third kappa shape index (κ3) is 4.92. The maximum absolute atomic E-state index is 13.0. The third-order valence-electron chi connectivity index (χ3n) is 7.26. The van der Waals surface area contributed by atoms with Gasteiger partial charge >= 0.3 is 0 Å². The lowest BCUT2D eigenvalue weighted by Crippen LogP contribution is -2.29. The Kier molecular flexibility index (Phi) is 6.64. The van der Waals surface area contributed by atoms with Crippen LogP contribution in [0.1, 0.15) is 34.8 Å². The van der Waals surface area contributed by atoms with E-state index in [1.54, 1.807) is 18.3 Å². The molecule has 2 aromatic carbocycles. The Labute approximate surface area is 225 Å². The molecule has 0 spiro atoms. The minimum Gasteiger partial charge on any atom is -0.383 e. The Hall–Kier alpha value is -4.76. The second kappa shape index (κ2) is 10.5. The fourth-order valence-corrected chi connectivity index (χ4v) is 5.24. The van der Waals surface area contributed by atoms with Gasteiger partial charge in [-0.15, -0.1) is 0 Å². The molecule has 6 rings (SSSR count). The molecule has 3 aromatic heterocycles. The molecule has 1 amide bonds. The van der Waals surface area contributed by atoms with Gasteiger partial charge in [0.2, 0.25) is 0 Å². The lowest BCUT2D eigenvalue weighted by Gasteiger charge is -2.24. The molecule has 0 unspecified atom stereocenters. The highest BCUT2D eigenvalue weighted by molar-refractivity contribution is 6.04. The smallest absolute Gasteiger partial charge is 0.263 e. The molecule has 9 heteroatoms. The number of aromatic nitrogens is 4. The molecule has 4 N–H and O–H groups in total. The van der Waals surface area contributed by atoms with Crippen LogP contribution in [0.3, 0.4) is 0 Å². The molecule has 1 saturated heterocycles. The van der Waals surface area contributed by atoms with E-state index >= 15 is 0 Å². The van der Waals surface area contributed by atoms with Gasteiger partial charge in [-0.05, 0) is 61.3 Å². The van der Waals surface area contributed by atoms with Crippen LogP contribution in [0.25, 0.3) is 22.2 Å². The largest absolute Gasteiger partial charge is 0.383 e. The number of fused-ring (bicyclic) bond motifs is 1. The van der Waals surface area contributed by atoms with Crippen LogP contribution in [0.15, 0.2) is 90.2 Å². The highest BCUT2D eigenvalue weighted by atomic mass is 16.2. The molecule has 0 saturated carbocycles. The van der Waals surface area contributed by atoms with Crippen LogP contribution in [0, 0.1) is 0 Å². The zero-order chi connectivity index (χ0) is 26.8. The average molecular weight is 520 g/mol. The fraction of sp³-hybridized carbons (Fsp3) is 0.200. The molecule has 39 heavy (non-hydrogen) atoms. The summed E-state index contributed by atoms with van der Waals surface area (Å²) in [6.07, 6.45) is 7.35. The second-order valence-corrected chi connectivity index (χ2v) is 9.76. The number of nitrogen functional groups attached to an aromatic ring is 1. The van der Waals surface area contributed by atoms with Crippen molar-refractivity contribution in [1.82, 2.24) is 24.4 Å². The van der Waals surface area contributed by atoms with E-state index in [2.05, 4.69) is 31.4 Å². The number of carbonyl (C=O) groups is 1. The number of hydrogen-bond acceptors (Lipinski definition) is 6. The van der Waals surface area contributed by atoms with E-state index in [1.165, 1.54) is 10.9 Å². The van der Waals surface area contributed by atoms with Crippen LogP contribution in [-0.4, -0.2) is 38.1 Å². The van der Waals surface area contributed by atoms with Gasteiger partial charge in [0.1, 0.15) is 23.4 Å². The van der Waals surface area contributed by atoms with Gasteiger partial charge in [-0.2, -0.15) is 0 Å². The van der Waals surface area contributed by atoms with Gasteiger partial charge in [0.05, 0.1) is 11.9 Å². The number of anilines is 2. The summed E-state index contributed by atoms with van der Waals surface area (Å²) in [6.45, 7) is 2.33. The Balaban J connectivity index is 1.25. The number of pyridine rings is 1. The van der Waals surface area contributed by atoms with E-state index in [9.17, 15) is 9.59 Å². The van der Waals surface area contributed by atoms with Crippen LogP contribution in [0.4, 0.5) is 11.5 Å². The molecule has 1 aliphatic heterocycles. The van der Waals surface area contributed by atoms with E-state index in [-0.39, 0.29) is 11.1 Å². The van der Waals surface area contributed by atoms with Gasteiger partial charge in [-0.1, -0.05) is 42.5 Å². The van der Waals surface area contributed by atoms with Crippen molar-refractivity contribution in [2.45, 2.75) is 25.4 Å². The Morgan fingerprint density at radius 1 is 1.00 bits per heavy atom. The number of hydrogen-bond donors (Lipinski definition) is 3. The van der Waals surface area contributed by atoms with Crippen LogP contribution >= 0.6 is 0 Å². The minimum atomic E-state index is -0.449. The van der Waals surface area contributed by atoms with E-state index in [0.29, 0.717) is 24.1 Å². The SMILES string of the molecule is Nc1ncnc2c1c(-c1ccc(NC(=O)c3cccn(Cc4ccccc4)c3=O)cc1)cn2C1CCNCC1. The highest BCUT2D eigenvalue weighted by Crippen LogP contribution is 2.36. The average Bonchev–Trinajstić information content (AvgIpc) is 3.37. The van der Waals surface area contributed by atoms with Crippen LogP contribution in [0.2, 0.25) is 0 Å². The second-order valence-electron chi connectivity index (χ2n) is 9.76. The van der Waals surface area contributed by atoms with Crippen molar-refractivity contribution in [3.8, 4) is 11.1 Å². The first-order valence-electron chi connectivity index (χ1n) is 13.1. The third-order valence-corrected chi connectivity index (χ3v) is 7.26. The van der Waals surface area contributed by atoms with Gasteiger partial charge in [0.15, 0.2) is 0 Å². The van der Waals surface area contributed by atoms with Gasteiger partial charge in [-0.3, -0.25) is 9.59 Å². The number of rotatable bonds is 6. The molecule has 5 aromatic rings. The fourth-order valence-electron chi connectivity index (χ4n) is 5.24. The molecule has 0 bridgehead atoms. The Morgan fingerprint density at radius 2 is 1.77 bits per heavy atom. The van der Waals surface area contributed by atoms with E-state index in [4.69, 9.17) is 5.73 Å². The molecule has 1 aliphatic rings. The number of benzene rings is 2. The van der Waals surface area contributed by atoms with E-state index in [1.807, 2.05) is 54.6 Å². The molecular weight excluding hydrogens is 490 g/mol. The molecule has 4 heterocycles. The zero-order valence-electron chi connectivity index (χ0n) is 21.4. The first-order chi connectivity index (χ1) is 19.1. The molecule has 0 radical (unpaired) electrons. The maximum atomic E-state index is 13.0. The summed E-state index contributed by atoms with van der Waals surface area (Å²) < 4.78 is 3.76. The van der Waals surface area contributed by atoms with Crippen molar-refractivity contribution in [3.63, 3.8) is 0 Å². The predicted octanol–water partition coefficient (Wildman–Crippen LogP) is 4.07. The number of carbonyl (C=O) groups excluding carboxylic acids is 1. The summed E-state index contributed by atoms with van der Waals surface area (Å²) in [6, 6.07) is 20.8. The number of nitrogens with two attached hydrogens (primary N) is 1. The molecular formula is C30H29N7O2. The number of nitrogens with zero attached hydrogens (tertiary/aromatic N) is 4. The Bertz CT molecular complexity index is 1680. The van der Waals surface area contributed by atoms with E-state index in [0.717, 1.165) is 53.7 Å². The summed E-state index contributed by atoms with van der Waals surface area (Å²) in [5.41, 5.74) is 10.4. The van der Waals surface area contributed by atoms with Crippen molar-refractivity contribution < 1.29 is 4.79 Å². The molecule has 196 valence electrons. The normalized spacial score (nSPS) is 13.9. The standard InChI is InChI=1S/C30H29N7O2/c31-27-26-25(18-37(28(26)34-19-33-27)23-12-14-32-15-13-23)21-8-10-22(11-9-21)35-29(38)24-7-4-16-36(30(24)39)17-20-5-2-1-3-6-20/h1-11,16,18-19,23,32H,12-15,17H2,(H,35,38)(H2,31,33,34). The lowest BCUT2D eigenvalue weighted by molar-refractivity contribution is 0.102. The summed E-state index contributed by atoms with van der Waals surface area (Å²) in [5.74, 6) is -0.00811. The van der Waals surface area contributed by atoms with Crippen molar-refractivity contribution in [2.75, 3.05) is 24.1 Å². The summed E-state index contributed by atoms with van der Waals surface area (Å²) in [5, 5.41) is 7.10. The summed E-state index contributed by atoms with van der Waals surface area (Å²) >= 11 is 0. The van der Waals surface area contributed by atoms with Crippen molar-refractivity contribution in [1.29, 1.82) is 0 Å². The molecule has 0 aliphatic carbocycles. The Morgan fingerprint density at radius 3 is 2.54 bits per heavy atom. The van der Waals surface area contributed by atoms with Gasteiger partial charge in [-0.25, -0.2) is 9.97 Å². The number of amides is 1. The first-order valence-corrected chi connectivity index (χ1v) is 13.1. The van der Waals surface area contributed by atoms with Gasteiger partial charge in [0, 0.05) is 29.7 Å². The number of nitrogens with one attached hydrogen (secondary N) is 2. The van der Waals surface area contributed by atoms with Crippen LogP contribution < -0.4 is 21.9 Å². The van der Waals surface area contributed by atoms with Crippen LogP contribution in [-0.2, 0) is 6.54 Å². The topological polar surface area (TPSA) is 120 Å². The quantitative estimate of drug-likeness (QED) is 0.311. The van der Waals surface area contributed by atoms with Gasteiger partial charge in [0.25, 0.3) is 11.5 Å². The first kappa shape index (κ1) is 24.6. The monoisotopic (exact) mass is 519 g/mol. The summed E-state index contributed by atoms with van der Waals surface area (Å²) in [4.78, 5) is 34.8. The molecule has 9 nitrogen and oxygen atoms in total. The summed E-state index contributed by atoms with van der Waals surface area (Å²) in [7, 11) is 0. The molecule has 0 atom stereocenters. The minimum absolute atomic E-state index is 0.0903. The van der Waals surface area contributed by atoms with Crippen LogP contribution in [0.5, 0.6) is 0 Å². The zero-order valence-corrected chi connectivity index (χ0v) is 21.4. The molecule has 1 fully saturated rings. The van der Waals surface area contributed by atoms with Crippen molar-refractivity contribution >= 4 is 28.4 Å². The lowest BCUT2D eigenvalue weighted by atomic mass is 10.1. The number of piperidine rings is 1.